The molecule has 1 atom stereocenters. The van der Waals surface area contributed by atoms with Crippen LogP contribution in [0.1, 0.15) is 40.7 Å². The summed E-state index contributed by atoms with van der Waals surface area (Å²) in [6, 6.07) is 17.8. The van der Waals surface area contributed by atoms with Gasteiger partial charge >= 0.3 is 12.1 Å². The lowest BCUT2D eigenvalue weighted by Crippen LogP contribution is -2.14. The monoisotopic (exact) mass is 427 g/mol. The maximum absolute atomic E-state index is 12.8. The van der Waals surface area contributed by atoms with Gasteiger partial charge in [-0.3, -0.25) is 9.59 Å². The second kappa shape index (κ2) is 9.04. The van der Waals surface area contributed by atoms with Crippen molar-refractivity contribution in [1.29, 1.82) is 0 Å². The van der Waals surface area contributed by atoms with Crippen LogP contribution in [0.2, 0.25) is 0 Å². The van der Waals surface area contributed by atoms with E-state index in [9.17, 15) is 27.9 Å². The zero-order valence-electron chi connectivity index (χ0n) is 16.6. The van der Waals surface area contributed by atoms with Gasteiger partial charge in [-0.05, 0) is 53.4 Å². The molecular weight excluding hydrogens is 407 g/mol. The first-order valence-electron chi connectivity index (χ1n) is 9.61. The zero-order valence-corrected chi connectivity index (χ0v) is 16.6. The highest BCUT2D eigenvalue weighted by Crippen LogP contribution is 2.32. The van der Waals surface area contributed by atoms with Gasteiger partial charge in [-0.2, -0.15) is 13.2 Å². The van der Waals surface area contributed by atoms with E-state index in [1.165, 1.54) is 12.1 Å². The van der Waals surface area contributed by atoms with E-state index in [0.29, 0.717) is 34.4 Å². The summed E-state index contributed by atoms with van der Waals surface area (Å²) >= 11 is 0. The van der Waals surface area contributed by atoms with Gasteiger partial charge in [0.2, 0.25) is 0 Å². The summed E-state index contributed by atoms with van der Waals surface area (Å²) in [6.45, 7) is 1.78. The molecule has 0 aliphatic rings. The maximum Gasteiger partial charge on any atom is 0.416 e. The minimum absolute atomic E-state index is 0.309. The quantitative estimate of drug-likeness (QED) is 0.492. The van der Waals surface area contributed by atoms with Crippen molar-refractivity contribution in [2.75, 3.05) is 5.32 Å². The molecule has 0 radical (unpaired) electrons. The van der Waals surface area contributed by atoms with Gasteiger partial charge in [0.05, 0.1) is 11.5 Å². The molecular formula is C24H20F3NO3. The Bertz CT molecular complexity index is 1070. The van der Waals surface area contributed by atoms with E-state index in [1.54, 1.807) is 55.5 Å². The minimum Gasteiger partial charge on any atom is -0.481 e. The van der Waals surface area contributed by atoms with E-state index in [4.69, 9.17) is 0 Å². The van der Waals surface area contributed by atoms with E-state index in [2.05, 4.69) is 5.32 Å². The molecule has 3 rings (SSSR count). The number of amides is 1. The molecule has 0 heterocycles. The highest BCUT2D eigenvalue weighted by molar-refractivity contribution is 6.08. The van der Waals surface area contributed by atoms with Crippen LogP contribution in [0.4, 0.5) is 18.9 Å². The van der Waals surface area contributed by atoms with Gasteiger partial charge < -0.3 is 10.4 Å². The first-order chi connectivity index (χ1) is 14.7. The standard InChI is InChI=1S/C24H20F3NO3/c1-2-19(23(30)31)15-9-13-18(14-10-15)28-22(29)21-6-4-3-5-20(21)16-7-11-17(12-8-16)24(25,26)27/h3-14,19H,2H2,1H3,(H,28,29)(H,30,31). The Morgan fingerprint density at radius 1 is 0.935 bits per heavy atom. The average molecular weight is 427 g/mol. The molecule has 0 fully saturated rings. The van der Waals surface area contributed by atoms with Gasteiger partial charge in [0.15, 0.2) is 0 Å². The molecule has 2 N–H and O–H groups in total. The van der Waals surface area contributed by atoms with E-state index in [1.807, 2.05) is 0 Å². The maximum atomic E-state index is 12.8. The number of halogens is 3. The fraction of sp³-hybridized carbons (Fsp3) is 0.167. The van der Waals surface area contributed by atoms with Crippen LogP contribution >= 0.6 is 0 Å². The van der Waals surface area contributed by atoms with Crippen molar-refractivity contribution in [3.05, 3.63) is 89.5 Å². The molecule has 0 aliphatic carbocycles. The molecule has 1 unspecified atom stereocenters. The van der Waals surface area contributed by atoms with Gasteiger partial charge in [0.1, 0.15) is 0 Å². The summed E-state index contributed by atoms with van der Waals surface area (Å²) in [4.78, 5) is 24.1. The number of alkyl halides is 3. The second-order valence-corrected chi connectivity index (χ2v) is 7.00. The summed E-state index contributed by atoms with van der Waals surface area (Å²) in [7, 11) is 0. The highest BCUT2D eigenvalue weighted by Gasteiger charge is 2.30. The van der Waals surface area contributed by atoms with Crippen molar-refractivity contribution < 1.29 is 27.9 Å². The van der Waals surface area contributed by atoms with Crippen LogP contribution in [-0.2, 0) is 11.0 Å². The molecule has 0 aromatic heterocycles. The van der Waals surface area contributed by atoms with Crippen LogP contribution in [0.5, 0.6) is 0 Å². The SMILES string of the molecule is CCC(C(=O)O)c1ccc(NC(=O)c2ccccc2-c2ccc(C(F)(F)F)cc2)cc1. The van der Waals surface area contributed by atoms with Crippen molar-refractivity contribution in [2.45, 2.75) is 25.4 Å². The van der Waals surface area contributed by atoms with Gasteiger partial charge in [0.25, 0.3) is 5.91 Å². The van der Waals surface area contributed by atoms with Crippen LogP contribution in [0, 0.1) is 0 Å². The number of nitrogens with one attached hydrogen (secondary N) is 1. The number of hydrogen-bond acceptors (Lipinski definition) is 2. The predicted molar refractivity (Wildman–Crippen MR) is 112 cm³/mol. The lowest BCUT2D eigenvalue weighted by atomic mass is 9.96. The van der Waals surface area contributed by atoms with Crippen molar-refractivity contribution >= 4 is 17.6 Å². The third-order valence-corrected chi connectivity index (χ3v) is 4.97. The number of benzene rings is 3. The molecule has 0 saturated carbocycles. The Kier molecular flexibility index (Phi) is 6.44. The fourth-order valence-electron chi connectivity index (χ4n) is 3.32. The molecule has 1 amide bonds. The van der Waals surface area contributed by atoms with Crippen LogP contribution in [-0.4, -0.2) is 17.0 Å². The van der Waals surface area contributed by atoms with E-state index in [0.717, 1.165) is 12.1 Å². The second-order valence-electron chi connectivity index (χ2n) is 7.00. The minimum atomic E-state index is -4.43. The molecule has 0 saturated heterocycles. The average Bonchev–Trinajstić information content (AvgIpc) is 2.74. The molecule has 0 aliphatic heterocycles. The van der Waals surface area contributed by atoms with Crippen LogP contribution in [0.15, 0.2) is 72.8 Å². The fourth-order valence-corrected chi connectivity index (χ4v) is 3.32. The molecule has 3 aromatic rings. The van der Waals surface area contributed by atoms with Crippen molar-refractivity contribution in [3.63, 3.8) is 0 Å². The Hall–Kier alpha value is -3.61. The smallest absolute Gasteiger partial charge is 0.416 e. The third kappa shape index (κ3) is 5.12. The van der Waals surface area contributed by atoms with Gasteiger partial charge in [-0.1, -0.05) is 49.4 Å². The van der Waals surface area contributed by atoms with Crippen molar-refractivity contribution in [1.82, 2.24) is 0 Å². The van der Waals surface area contributed by atoms with E-state index >= 15 is 0 Å². The van der Waals surface area contributed by atoms with E-state index in [-0.39, 0.29) is 0 Å². The summed E-state index contributed by atoms with van der Waals surface area (Å²) in [5.41, 5.74) is 1.66. The van der Waals surface area contributed by atoms with Crippen LogP contribution in [0.3, 0.4) is 0 Å². The Morgan fingerprint density at radius 2 is 1.55 bits per heavy atom. The number of rotatable bonds is 6. The molecule has 31 heavy (non-hydrogen) atoms. The molecule has 0 bridgehead atoms. The predicted octanol–water partition coefficient (Wildman–Crippen LogP) is 6.20. The topological polar surface area (TPSA) is 66.4 Å². The first kappa shape index (κ1) is 22.1. The van der Waals surface area contributed by atoms with Crippen molar-refractivity contribution in [3.8, 4) is 11.1 Å². The third-order valence-electron chi connectivity index (χ3n) is 4.97. The van der Waals surface area contributed by atoms with Gasteiger partial charge in [-0.25, -0.2) is 0 Å². The Morgan fingerprint density at radius 3 is 2.10 bits per heavy atom. The number of aliphatic carboxylic acids is 1. The lowest BCUT2D eigenvalue weighted by molar-refractivity contribution is -0.139. The summed E-state index contributed by atoms with van der Waals surface area (Å²) < 4.78 is 38.5. The first-order valence-corrected chi connectivity index (χ1v) is 9.61. The van der Waals surface area contributed by atoms with Gasteiger partial charge in [-0.15, -0.1) is 0 Å². The number of carbonyl (C=O) groups is 2. The number of anilines is 1. The molecule has 0 spiro atoms. The molecule has 4 nitrogen and oxygen atoms in total. The summed E-state index contributed by atoms with van der Waals surface area (Å²) in [5, 5.41) is 12.0. The summed E-state index contributed by atoms with van der Waals surface area (Å²) in [5.74, 6) is -1.96. The molecule has 160 valence electrons. The van der Waals surface area contributed by atoms with Crippen LogP contribution in [0.25, 0.3) is 11.1 Å². The Balaban J connectivity index is 1.83. The zero-order chi connectivity index (χ0) is 22.6. The number of hydrogen-bond donors (Lipinski definition) is 2. The lowest BCUT2D eigenvalue weighted by Gasteiger charge is -2.13. The number of carboxylic acid groups (broad SMARTS) is 1. The largest absolute Gasteiger partial charge is 0.481 e. The molecule has 3 aromatic carbocycles. The Labute approximate surface area is 177 Å². The van der Waals surface area contributed by atoms with Crippen LogP contribution < -0.4 is 5.32 Å². The number of carboxylic acids is 1. The highest BCUT2D eigenvalue weighted by atomic mass is 19.4. The number of carbonyl (C=O) groups excluding carboxylic acids is 1. The summed E-state index contributed by atoms with van der Waals surface area (Å²) in [6.07, 6.45) is -3.99. The molecule has 7 heteroatoms. The van der Waals surface area contributed by atoms with E-state index < -0.39 is 29.5 Å². The van der Waals surface area contributed by atoms with Gasteiger partial charge in [0, 0.05) is 11.3 Å². The van der Waals surface area contributed by atoms with Crippen molar-refractivity contribution in [2.24, 2.45) is 0 Å². The normalized spacial score (nSPS) is 12.3.